The predicted molar refractivity (Wildman–Crippen MR) is 42.7 cm³/mol. The van der Waals surface area contributed by atoms with Crippen molar-refractivity contribution in [2.45, 2.75) is 20.8 Å². The van der Waals surface area contributed by atoms with E-state index in [0.717, 1.165) is 0 Å². The second kappa shape index (κ2) is 3.40. The summed E-state index contributed by atoms with van der Waals surface area (Å²) in [5.74, 6) is -0.102. The first-order valence-electron chi connectivity index (χ1n) is 3.36. The summed E-state index contributed by atoms with van der Waals surface area (Å²) in [7, 11) is 0. The molecule has 1 N–H and O–H groups in total. The summed E-state index contributed by atoms with van der Waals surface area (Å²) in [5, 5.41) is 2.72. The van der Waals surface area contributed by atoms with Crippen LogP contribution in [0.2, 0.25) is 0 Å². The summed E-state index contributed by atoms with van der Waals surface area (Å²) in [5.41, 5.74) is 0.151. The summed E-state index contributed by atoms with van der Waals surface area (Å²) < 4.78 is 0. The first kappa shape index (κ1) is 9.21. The maximum absolute atomic E-state index is 10.6. The minimum atomic E-state index is -0.102. The van der Waals surface area contributed by atoms with Gasteiger partial charge in [0.15, 0.2) is 0 Å². The molecule has 0 unspecified atom stereocenters. The average Bonchev–Trinajstić information content (AvgIpc) is 1.81. The first-order valence-corrected chi connectivity index (χ1v) is 3.36. The van der Waals surface area contributed by atoms with Crippen LogP contribution in [0.1, 0.15) is 20.8 Å². The Hall–Kier alpha value is -0.790. The minimum absolute atomic E-state index is 0.102. The van der Waals surface area contributed by atoms with E-state index in [4.69, 9.17) is 0 Å². The normalized spacial score (nSPS) is 10.7. The van der Waals surface area contributed by atoms with Crippen LogP contribution >= 0.6 is 0 Å². The van der Waals surface area contributed by atoms with Crippen molar-refractivity contribution in [3.63, 3.8) is 0 Å². The molecule has 0 aliphatic carbocycles. The van der Waals surface area contributed by atoms with Gasteiger partial charge in [0, 0.05) is 6.54 Å². The molecule has 0 saturated carbocycles. The lowest BCUT2D eigenvalue weighted by atomic mass is 9.97. The van der Waals surface area contributed by atoms with Gasteiger partial charge >= 0.3 is 0 Å². The topological polar surface area (TPSA) is 29.1 Å². The molecule has 1 amide bonds. The molecule has 0 spiro atoms. The summed E-state index contributed by atoms with van der Waals surface area (Å²) in [6.07, 6.45) is 1.28. The molecule has 0 aliphatic heterocycles. The zero-order valence-corrected chi connectivity index (χ0v) is 6.90. The lowest BCUT2D eigenvalue weighted by Crippen LogP contribution is -2.30. The van der Waals surface area contributed by atoms with Crippen molar-refractivity contribution in [2.24, 2.45) is 5.41 Å². The Labute approximate surface area is 62.3 Å². The third kappa shape index (κ3) is 5.35. The largest absolute Gasteiger partial charge is 0.352 e. The van der Waals surface area contributed by atoms with Gasteiger partial charge in [-0.25, -0.2) is 0 Å². The van der Waals surface area contributed by atoms with Crippen LogP contribution in [0.5, 0.6) is 0 Å². The van der Waals surface area contributed by atoms with E-state index in [1.54, 1.807) is 0 Å². The fourth-order valence-corrected chi connectivity index (χ4v) is 0.424. The van der Waals surface area contributed by atoms with Gasteiger partial charge in [-0.1, -0.05) is 27.4 Å². The van der Waals surface area contributed by atoms with Crippen molar-refractivity contribution in [1.29, 1.82) is 0 Å². The summed E-state index contributed by atoms with van der Waals surface area (Å²) in [4.78, 5) is 10.6. The van der Waals surface area contributed by atoms with Crippen LogP contribution < -0.4 is 5.32 Å². The van der Waals surface area contributed by atoms with Crippen molar-refractivity contribution >= 4 is 5.91 Å². The Morgan fingerprint density at radius 1 is 1.60 bits per heavy atom. The smallest absolute Gasteiger partial charge is 0.243 e. The summed E-state index contributed by atoms with van der Waals surface area (Å²) >= 11 is 0. The third-order valence-electron chi connectivity index (χ3n) is 0.978. The van der Waals surface area contributed by atoms with Crippen molar-refractivity contribution in [2.75, 3.05) is 6.54 Å². The van der Waals surface area contributed by atoms with Crippen molar-refractivity contribution in [1.82, 2.24) is 5.32 Å². The Morgan fingerprint density at radius 2 is 2.10 bits per heavy atom. The van der Waals surface area contributed by atoms with E-state index >= 15 is 0 Å². The molecule has 0 aromatic heterocycles. The molecule has 0 heterocycles. The van der Waals surface area contributed by atoms with Crippen molar-refractivity contribution in [3.05, 3.63) is 12.7 Å². The van der Waals surface area contributed by atoms with Crippen LogP contribution in [0.4, 0.5) is 0 Å². The lowest BCUT2D eigenvalue weighted by Gasteiger charge is -2.17. The molecule has 0 atom stereocenters. The zero-order chi connectivity index (χ0) is 8.20. The second-order valence-electron chi connectivity index (χ2n) is 3.48. The molecule has 0 saturated heterocycles. The summed E-state index contributed by atoms with van der Waals surface area (Å²) in [6.45, 7) is 10.2. The molecule has 0 aromatic carbocycles. The number of rotatable bonds is 2. The number of hydrogen-bond donors (Lipinski definition) is 1. The van der Waals surface area contributed by atoms with Gasteiger partial charge in [-0.15, -0.1) is 0 Å². The van der Waals surface area contributed by atoms with E-state index in [0.29, 0.717) is 6.54 Å². The van der Waals surface area contributed by atoms with Gasteiger partial charge < -0.3 is 5.32 Å². The Bertz CT molecular complexity index is 133. The molecule has 0 bridgehead atoms. The molecule has 0 aliphatic rings. The van der Waals surface area contributed by atoms with E-state index in [-0.39, 0.29) is 11.3 Å². The standard InChI is InChI=1S/C8H15NO/c1-5-7(10)9-6-8(2,3)4/h5H,1,6H2,2-4H3,(H,9,10). The maximum atomic E-state index is 10.6. The van der Waals surface area contributed by atoms with Crippen LogP contribution in [-0.2, 0) is 4.79 Å². The molecule has 0 radical (unpaired) electrons. The van der Waals surface area contributed by atoms with Gasteiger partial charge in [-0.2, -0.15) is 0 Å². The lowest BCUT2D eigenvalue weighted by molar-refractivity contribution is -0.116. The van der Waals surface area contributed by atoms with Crippen LogP contribution in [0.15, 0.2) is 12.7 Å². The van der Waals surface area contributed by atoms with E-state index in [1.165, 1.54) is 6.08 Å². The molecular formula is C8H15NO. The molecule has 0 fully saturated rings. The number of carbonyl (C=O) groups excluding carboxylic acids is 1. The van der Waals surface area contributed by atoms with Crippen molar-refractivity contribution in [3.8, 4) is 0 Å². The average molecular weight is 141 g/mol. The highest BCUT2D eigenvalue weighted by Gasteiger charge is 2.09. The SMILES string of the molecule is C=CC(=O)NCC(C)(C)C. The molecule has 2 heteroatoms. The van der Waals surface area contributed by atoms with Crippen LogP contribution in [0, 0.1) is 5.41 Å². The number of amides is 1. The Morgan fingerprint density at radius 3 is 2.40 bits per heavy atom. The highest BCUT2D eigenvalue weighted by Crippen LogP contribution is 2.09. The molecule has 2 nitrogen and oxygen atoms in total. The Balaban J connectivity index is 3.55. The van der Waals surface area contributed by atoms with Gasteiger partial charge in [-0.3, -0.25) is 4.79 Å². The number of carbonyl (C=O) groups is 1. The second-order valence-corrected chi connectivity index (χ2v) is 3.48. The number of nitrogens with one attached hydrogen (secondary N) is 1. The van der Waals surface area contributed by atoms with Crippen LogP contribution in [0.3, 0.4) is 0 Å². The monoisotopic (exact) mass is 141 g/mol. The zero-order valence-electron chi connectivity index (χ0n) is 6.90. The van der Waals surface area contributed by atoms with E-state index in [1.807, 2.05) is 0 Å². The fourth-order valence-electron chi connectivity index (χ4n) is 0.424. The quantitative estimate of drug-likeness (QED) is 0.577. The maximum Gasteiger partial charge on any atom is 0.243 e. The van der Waals surface area contributed by atoms with Crippen LogP contribution in [-0.4, -0.2) is 12.5 Å². The Kier molecular flexibility index (Phi) is 3.13. The van der Waals surface area contributed by atoms with Gasteiger partial charge in [-0.05, 0) is 11.5 Å². The van der Waals surface area contributed by atoms with E-state index in [9.17, 15) is 4.79 Å². The molecule has 0 aromatic rings. The molecule has 0 rings (SSSR count). The van der Waals surface area contributed by atoms with Gasteiger partial charge in [0.2, 0.25) is 5.91 Å². The fraction of sp³-hybridized carbons (Fsp3) is 0.625. The minimum Gasteiger partial charge on any atom is -0.352 e. The highest BCUT2D eigenvalue weighted by atomic mass is 16.1. The van der Waals surface area contributed by atoms with Crippen molar-refractivity contribution < 1.29 is 4.79 Å². The highest BCUT2D eigenvalue weighted by molar-refractivity contribution is 5.86. The number of hydrogen-bond acceptors (Lipinski definition) is 1. The predicted octanol–water partition coefficient (Wildman–Crippen LogP) is 1.33. The molecular weight excluding hydrogens is 126 g/mol. The van der Waals surface area contributed by atoms with Gasteiger partial charge in [0.1, 0.15) is 0 Å². The van der Waals surface area contributed by atoms with Crippen LogP contribution in [0.25, 0.3) is 0 Å². The third-order valence-corrected chi connectivity index (χ3v) is 0.978. The van der Waals surface area contributed by atoms with Gasteiger partial charge in [0.25, 0.3) is 0 Å². The van der Waals surface area contributed by atoms with E-state index in [2.05, 4.69) is 32.7 Å². The molecule has 58 valence electrons. The summed E-state index contributed by atoms with van der Waals surface area (Å²) in [6, 6.07) is 0. The first-order chi connectivity index (χ1) is 4.45. The van der Waals surface area contributed by atoms with E-state index < -0.39 is 0 Å². The molecule has 10 heavy (non-hydrogen) atoms. The van der Waals surface area contributed by atoms with Gasteiger partial charge in [0.05, 0.1) is 0 Å².